The molecule has 2 aromatic carbocycles. The number of carbonyl (C=O) groups excluding carboxylic acids is 1. The summed E-state index contributed by atoms with van der Waals surface area (Å²) in [4.78, 5) is 14.5. The monoisotopic (exact) mass is 388 g/mol. The van der Waals surface area contributed by atoms with Crippen molar-refractivity contribution in [3.63, 3.8) is 0 Å². The van der Waals surface area contributed by atoms with Gasteiger partial charge in [-0.25, -0.2) is 0 Å². The van der Waals surface area contributed by atoms with Crippen molar-refractivity contribution in [1.82, 2.24) is 10.2 Å². The van der Waals surface area contributed by atoms with Gasteiger partial charge in [0, 0.05) is 11.6 Å². The number of carbonyl (C=O) groups is 1. The number of benzene rings is 2. The number of para-hydroxylation sites is 2. The van der Waals surface area contributed by atoms with Gasteiger partial charge in [0.15, 0.2) is 11.5 Å². The maximum Gasteiger partial charge on any atom is 0.234 e. The average molecular weight is 389 g/mol. The van der Waals surface area contributed by atoms with Crippen LogP contribution in [0.15, 0.2) is 48.5 Å². The number of ether oxygens (including phenoxy) is 2. The van der Waals surface area contributed by atoms with Crippen molar-refractivity contribution in [2.45, 2.75) is 26.0 Å². The Labute approximate surface area is 165 Å². The molecule has 1 N–H and O–H groups in total. The van der Waals surface area contributed by atoms with Crippen molar-refractivity contribution in [3.8, 4) is 11.5 Å². The molecule has 1 aliphatic heterocycles. The van der Waals surface area contributed by atoms with E-state index in [0.717, 1.165) is 23.6 Å². The zero-order valence-corrected chi connectivity index (χ0v) is 16.4. The predicted molar refractivity (Wildman–Crippen MR) is 106 cm³/mol. The standard InChI is InChI=1S/C21H25ClN2O3/c1-3-24(12-16-14-26-19-10-6-7-11-20(19)27-16)13-21(25)23-15(2)17-8-4-5-9-18(17)22/h4-11,15-16H,3,12-14H2,1-2H3,(H,23,25). The molecule has 0 bridgehead atoms. The second-order valence-corrected chi connectivity index (χ2v) is 7.04. The highest BCUT2D eigenvalue weighted by atomic mass is 35.5. The normalized spacial score (nSPS) is 16.8. The van der Waals surface area contributed by atoms with E-state index in [2.05, 4.69) is 10.2 Å². The summed E-state index contributed by atoms with van der Waals surface area (Å²) in [6.45, 7) is 6.11. The number of hydrogen-bond acceptors (Lipinski definition) is 4. The van der Waals surface area contributed by atoms with Crippen LogP contribution in [0, 0.1) is 0 Å². The van der Waals surface area contributed by atoms with Crippen molar-refractivity contribution in [3.05, 3.63) is 59.1 Å². The SMILES string of the molecule is CCN(CC(=O)NC(C)c1ccccc1Cl)CC1COc2ccccc2O1. The fraction of sp³-hybridized carbons (Fsp3) is 0.381. The molecule has 0 spiro atoms. The highest BCUT2D eigenvalue weighted by molar-refractivity contribution is 6.31. The summed E-state index contributed by atoms with van der Waals surface area (Å²) in [5.74, 6) is 1.48. The van der Waals surface area contributed by atoms with Crippen LogP contribution in [-0.4, -0.2) is 43.2 Å². The highest BCUT2D eigenvalue weighted by Crippen LogP contribution is 2.31. The molecule has 0 saturated heterocycles. The highest BCUT2D eigenvalue weighted by Gasteiger charge is 2.24. The van der Waals surface area contributed by atoms with Crippen LogP contribution in [0.4, 0.5) is 0 Å². The number of fused-ring (bicyclic) bond motifs is 1. The van der Waals surface area contributed by atoms with Crippen LogP contribution in [0.2, 0.25) is 5.02 Å². The van der Waals surface area contributed by atoms with Crippen LogP contribution in [0.5, 0.6) is 11.5 Å². The van der Waals surface area contributed by atoms with Gasteiger partial charge < -0.3 is 14.8 Å². The van der Waals surface area contributed by atoms with Gasteiger partial charge in [0.25, 0.3) is 0 Å². The molecular weight excluding hydrogens is 364 g/mol. The second kappa shape index (κ2) is 9.11. The van der Waals surface area contributed by atoms with Crippen molar-refractivity contribution in [2.24, 2.45) is 0 Å². The number of nitrogens with one attached hydrogen (secondary N) is 1. The van der Waals surface area contributed by atoms with E-state index in [9.17, 15) is 4.79 Å². The smallest absolute Gasteiger partial charge is 0.234 e. The van der Waals surface area contributed by atoms with Gasteiger partial charge in [-0.15, -0.1) is 0 Å². The molecule has 1 amide bonds. The number of amides is 1. The first kappa shape index (κ1) is 19.5. The van der Waals surface area contributed by atoms with E-state index in [4.69, 9.17) is 21.1 Å². The molecule has 2 unspecified atom stereocenters. The molecule has 2 aromatic rings. The number of likely N-dealkylation sites (N-methyl/N-ethyl adjacent to an activating group) is 1. The summed E-state index contributed by atoms with van der Waals surface area (Å²) in [5, 5.41) is 3.67. The van der Waals surface area contributed by atoms with Crippen LogP contribution in [0.25, 0.3) is 0 Å². The van der Waals surface area contributed by atoms with Crippen molar-refractivity contribution < 1.29 is 14.3 Å². The van der Waals surface area contributed by atoms with Crippen molar-refractivity contribution in [1.29, 1.82) is 0 Å². The third kappa shape index (κ3) is 5.15. The topological polar surface area (TPSA) is 50.8 Å². The summed E-state index contributed by atoms with van der Waals surface area (Å²) in [5.41, 5.74) is 0.913. The molecule has 0 aliphatic carbocycles. The summed E-state index contributed by atoms with van der Waals surface area (Å²) in [6, 6.07) is 15.0. The molecule has 1 heterocycles. The Hall–Kier alpha value is -2.24. The zero-order valence-electron chi connectivity index (χ0n) is 15.7. The molecule has 144 valence electrons. The number of halogens is 1. The molecule has 27 heavy (non-hydrogen) atoms. The minimum Gasteiger partial charge on any atom is -0.486 e. The maximum absolute atomic E-state index is 12.5. The lowest BCUT2D eigenvalue weighted by atomic mass is 10.1. The second-order valence-electron chi connectivity index (χ2n) is 6.64. The lowest BCUT2D eigenvalue weighted by Gasteiger charge is -2.30. The Morgan fingerprint density at radius 1 is 1.22 bits per heavy atom. The van der Waals surface area contributed by atoms with E-state index in [1.165, 1.54) is 0 Å². The third-order valence-corrected chi connectivity index (χ3v) is 4.94. The van der Waals surface area contributed by atoms with E-state index in [1.807, 2.05) is 62.4 Å². The minimum absolute atomic E-state index is 0.0404. The first-order chi connectivity index (χ1) is 13.1. The van der Waals surface area contributed by atoms with Crippen LogP contribution < -0.4 is 14.8 Å². The van der Waals surface area contributed by atoms with Crippen LogP contribution in [0.1, 0.15) is 25.5 Å². The molecule has 5 nitrogen and oxygen atoms in total. The van der Waals surface area contributed by atoms with E-state index >= 15 is 0 Å². The fourth-order valence-corrected chi connectivity index (χ4v) is 3.44. The zero-order chi connectivity index (χ0) is 19.2. The lowest BCUT2D eigenvalue weighted by molar-refractivity contribution is -0.123. The first-order valence-electron chi connectivity index (χ1n) is 9.21. The van der Waals surface area contributed by atoms with E-state index in [-0.39, 0.29) is 18.1 Å². The summed E-state index contributed by atoms with van der Waals surface area (Å²) in [6.07, 6.45) is -0.103. The van der Waals surface area contributed by atoms with E-state index in [0.29, 0.717) is 24.7 Å². The Kier molecular flexibility index (Phi) is 6.58. The fourth-order valence-electron chi connectivity index (χ4n) is 3.14. The van der Waals surface area contributed by atoms with Crippen LogP contribution in [-0.2, 0) is 4.79 Å². The van der Waals surface area contributed by atoms with Gasteiger partial charge in [-0.05, 0) is 37.2 Å². The van der Waals surface area contributed by atoms with Gasteiger partial charge in [-0.3, -0.25) is 9.69 Å². The van der Waals surface area contributed by atoms with Gasteiger partial charge in [-0.1, -0.05) is 48.9 Å². The van der Waals surface area contributed by atoms with E-state index < -0.39 is 0 Å². The Balaban J connectivity index is 1.53. The van der Waals surface area contributed by atoms with Gasteiger partial charge in [0.05, 0.1) is 12.6 Å². The Morgan fingerprint density at radius 2 is 1.93 bits per heavy atom. The number of hydrogen-bond donors (Lipinski definition) is 1. The molecule has 3 rings (SSSR count). The molecule has 2 atom stereocenters. The summed E-state index contributed by atoms with van der Waals surface area (Å²) in [7, 11) is 0. The summed E-state index contributed by atoms with van der Waals surface area (Å²) >= 11 is 6.21. The average Bonchev–Trinajstić information content (AvgIpc) is 2.67. The molecule has 1 aliphatic rings. The molecule has 6 heteroatoms. The molecule has 0 fully saturated rings. The number of rotatable bonds is 7. The van der Waals surface area contributed by atoms with Crippen LogP contribution in [0.3, 0.4) is 0 Å². The molecule has 0 saturated carbocycles. The Bertz CT molecular complexity index is 784. The largest absolute Gasteiger partial charge is 0.486 e. The number of nitrogens with zero attached hydrogens (tertiary/aromatic N) is 1. The maximum atomic E-state index is 12.5. The first-order valence-corrected chi connectivity index (χ1v) is 9.59. The van der Waals surface area contributed by atoms with Crippen molar-refractivity contribution in [2.75, 3.05) is 26.2 Å². The predicted octanol–water partition coefficient (Wildman–Crippen LogP) is 3.68. The quantitative estimate of drug-likeness (QED) is 0.786. The molecular formula is C21H25ClN2O3. The molecule has 0 aromatic heterocycles. The van der Waals surface area contributed by atoms with E-state index in [1.54, 1.807) is 0 Å². The Morgan fingerprint density at radius 3 is 2.67 bits per heavy atom. The van der Waals surface area contributed by atoms with Gasteiger partial charge in [0.2, 0.25) is 5.91 Å². The minimum atomic E-state index is -0.147. The summed E-state index contributed by atoms with van der Waals surface area (Å²) < 4.78 is 11.8. The van der Waals surface area contributed by atoms with Gasteiger partial charge in [0.1, 0.15) is 12.7 Å². The van der Waals surface area contributed by atoms with Crippen LogP contribution >= 0.6 is 11.6 Å². The molecule has 0 radical (unpaired) electrons. The lowest BCUT2D eigenvalue weighted by Crippen LogP contribution is -2.45. The van der Waals surface area contributed by atoms with Crippen molar-refractivity contribution >= 4 is 17.5 Å². The third-order valence-electron chi connectivity index (χ3n) is 4.59. The van der Waals surface area contributed by atoms with Gasteiger partial charge in [-0.2, -0.15) is 0 Å². The van der Waals surface area contributed by atoms with Gasteiger partial charge >= 0.3 is 0 Å².